The Labute approximate surface area is 99.6 Å². The molecule has 1 fully saturated rings. The second-order valence-corrected chi connectivity index (χ2v) is 5.74. The van der Waals surface area contributed by atoms with Crippen molar-refractivity contribution in [2.75, 3.05) is 5.32 Å². The van der Waals surface area contributed by atoms with E-state index >= 15 is 0 Å². The highest BCUT2D eigenvalue weighted by molar-refractivity contribution is 9.10. The van der Waals surface area contributed by atoms with Crippen LogP contribution in [0.1, 0.15) is 33.1 Å². The van der Waals surface area contributed by atoms with Gasteiger partial charge in [0.05, 0.1) is 0 Å². The maximum Gasteiger partial charge on any atom is 0.127 e. The van der Waals surface area contributed by atoms with Crippen LogP contribution in [-0.4, -0.2) is 11.0 Å². The Kier molecular flexibility index (Phi) is 3.01. The minimum Gasteiger partial charge on any atom is -0.367 e. The molecule has 1 aliphatic carbocycles. The predicted octanol–water partition coefficient (Wildman–Crippen LogP) is 3.83. The van der Waals surface area contributed by atoms with Crippen molar-refractivity contribution >= 4 is 21.7 Å². The van der Waals surface area contributed by atoms with Gasteiger partial charge in [-0.1, -0.05) is 26.3 Å². The zero-order valence-corrected chi connectivity index (χ0v) is 10.8. The molecule has 0 amide bonds. The molecule has 0 aliphatic heterocycles. The van der Waals surface area contributed by atoms with Crippen LogP contribution in [0.15, 0.2) is 22.8 Å². The van der Waals surface area contributed by atoms with Crippen LogP contribution in [0, 0.1) is 5.41 Å². The van der Waals surface area contributed by atoms with Crippen LogP contribution in [0.4, 0.5) is 5.82 Å². The summed E-state index contributed by atoms with van der Waals surface area (Å²) in [5.41, 5.74) is 0.393. The van der Waals surface area contributed by atoms with Crippen molar-refractivity contribution < 1.29 is 0 Å². The Morgan fingerprint density at radius 1 is 1.47 bits per heavy atom. The molecule has 1 aromatic rings. The van der Waals surface area contributed by atoms with E-state index in [2.05, 4.69) is 40.1 Å². The molecule has 0 bridgehead atoms. The zero-order chi connectivity index (χ0) is 10.9. The first-order valence-corrected chi connectivity index (χ1v) is 6.26. The van der Waals surface area contributed by atoms with E-state index in [1.165, 1.54) is 19.3 Å². The van der Waals surface area contributed by atoms with E-state index < -0.39 is 0 Å². The van der Waals surface area contributed by atoms with Crippen LogP contribution in [0.3, 0.4) is 0 Å². The van der Waals surface area contributed by atoms with Crippen molar-refractivity contribution in [3.8, 4) is 0 Å². The Morgan fingerprint density at radius 3 is 2.87 bits per heavy atom. The molecule has 0 radical (unpaired) electrons. The molecule has 1 unspecified atom stereocenters. The maximum atomic E-state index is 4.41. The molecule has 1 aromatic heterocycles. The minimum absolute atomic E-state index is 0.393. The molecule has 2 rings (SSSR count). The zero-order valence-electron chi connectivity index (χ0n) is 9.26. The fourth-order valence-electron chi connectivity index (χ4n) is 2.26. The van der Waals surface area contributed by atoms with Crippen LogP contribution in [0.25, 0.3) is 0 Å². The van der Waals surface area contributed by atoms with Crippen LogP contribution in [0.5, 0.6) is 0 Å². The number of rotatable bonds is 2. The second kappa shape index (κ2) is 4.12. The quantitative estimate of drug-likeness (QED) is 0.825. The number of halogens is 1. The topological polar surface area (TPSA) is 24.9 Å². The van der Waals surface area contributed by atoms with E-state index in [0.717, 1.165) is 10.4 Å². The van der Waals surface area contributed by atoms with Gasteiger partial charge in [0, 0.05) is 6.04 Å². The minimum atomic E-state index is 0.393. The summed E-state index contributed by atoms with van der Waals surface area (Å²) in [6.07, 6.45) is 3.87. The standard InChI is InChI=1S/C12H17BrN2/c1-12(2)8-4-5-9(12)14-11-7-3-6-10(13)15-11/h3,6-7,9H,4-5,8H2,1-2H3,(H,14,15). The van der Waals surface area contributed by atoms with Gasteiger partial charge in [-0.25, -0.2) is 4.98 Å². The fourth-order valence-corrected chi connectivity index (χ4v) is 2.61. The molecule has 82 valence electrons. The summed E-state index contributed by atoms with van der Waals surface area (Å²) in [7, 11) is 0. The third-order valence-electron chi connectivity index (χ3n) is 3.29. The predicted molar refractivity (Wildman–Crippen MR) is 67.0 cm³/mol. The summed E-state index contributed by atoms with van der Waals surface area (Å²) in [5.74, 6) is 0.976. The van der Waals surface area contributed by atoms with Crippen molar-refractivity contribution in [3.63, 3.8) is 0 Å². The lowest BCUT2D eigenvalue weighted by Gasteiger charge is -2.28. The molecule has 1 heterocycles. The monoisotopic (exact) mass is 268 g/mol. The van der Waals surface area contributed by atoms with Crippen LogP contribution in [0.2, 0.25) is 0 Å². The summed E-state index contributed by atoms with van der Waals surface area (Å²) < 4.78 is 0.892. The van der Waals surface area contributed by atoms with Gasteiger partial charge in [-0.3, -0.25) is 0 Å². The fraction of sp³-hybridized carbons (Fsp3) is 0.583. The van der Waals surface area contributed by atoms with Gasteiger partial charge in [-0.2, -0.15) is 0 Å². The highest BCUT2D eigenvalue weighted by Gasteiger charge is 2.34. The van der Waals surface area contributed by atoms with Gasteiger partial charge in [0.25, 0.3) is 0 Å². The number of hydrogen-bond acceptors (Lipinski definition) is 2. The molecule has 2 nitrogen and oxygen atoms in total. The van der Waals surface area contributed by atoms with Gasteiger partial charge in [0.2, 0.25) is 0 Å². The third-order valence-corrected chi connectivity index (χ3v) is 3.74. The largest absolute Gasteiger partial charge is 0.367 e. The first kappa shape index (κ1) is 10.9. The average Bonchev–Trinajstić information content (AvgIpc) is 2.46. The van der Waals surface area contributed by atoms with Crippen molar-refractivity contribution in [2.24, 2.45) is 5.41 Å². The summed E-state index contributed by atoms with van der Waals surface area (Å²) in [4.78, 5) is 4.41. The summed E-state index contributed by atoms with van der Waals surface area (Å²) >= 11 is 3.39. The number of hydrogen-bond donors (Lipinski definition) is 1. The first-order chi connectivity index (χ1) is 7.08. The normalized spacial score (nSPS) is 24.1. The molecule has 15 heavy (non-hydrogen) atoms. The second-order valence-electron chi connectivity index (χ2n) is 4.92. The molecular formula is C12H17BrN2. The molecule has 1 saturated carbocycles. The summed E-state index contributed by atoms with van der Waals surface area (Å²) in [5, 5.41) is 3.53. The third kappa shape index (κ3) is 2.51. The van der Waals surface area contributed by atoms with Crippen molar-refractivity contribution in [1.29, 1.82) is 0 Å². The van der Waals surface area contributed by atoms with Crippen LogP contribution in [-0.2, 0) is 0 Å². The Balaban J connectivity index is 2.09. The van der Waals surface area contributed by atoms with Crippen molar-refractivity contribution in [2.45, 2.75) is 39.2 Å². The number of nitrogens with one attached hydrogen (secondary N) is 1. The van der Waals surface area contributed by atoms with Gasteiger partial charge >= 0.3 is 0 Å². The molecule has 0 spiro atoms. The molecule has 1 atom stereocenters. The van der Waals surface area contributed by atoms with E-state index in [1.807, 2.05) is 18.2 Å². The SMILES string of the molecule is CC1(C)CCCC1Nc1cccc(Br)n1. The lowest BCUT2D eigenvalue weighted by Crippen LogP contribution is -2.31. The summed E-state index contributed by atoms with van der Waals surface area (Å²) in [6.45, 7) is 4.66. The Bertz CT molecular complexity index is 349. The number of nitrogens with zero attached hydrogens (tertiary/aromatic N) is 1. The van der Waals surface area contributed by atoms with Gasteiger partial charge in [0.1, 0.15) is 10.4 Å². The van der Waals surface area contributed by atoms with E-state index in [9.17, 15) is 0 Å². The molecule has 1 N–H and O–H groups in total. The average molecular weight is 269 g/mol. The van der Waals surface area contributed by atoms with Crippen molar-refractivity contribution in [3.05, 3.63) is 22.8 Å². The Morgan fingerprint density at radius 2 is 2.27 bits per heavy atom. The van der Waals surface area contributed by atoms with E-state index in [1.54, 1.807) is 0 Å². The highest BCUT2D eigenvalue weighted by atomic mass is 79.9. The lowest BCUT2D eigenvalue weighted by atomic mass is 9.87. The van der Waals surface area contributed by atoms with Crippen LogP contribution >= 0.6 is 15.9 Å². The molecule has 0 aromatic carbocycles. The van der Waals surface area contributed by atoms with Gasteiger partial charge in [-0.15, -0.1) is 0 Å². The maximum absolute atomic E-state index is 4.41. The number of pyridine rings is 1. The molecular weight excluding hydrogens is 252 g/mol. The first-order valence-electron chi connectivity index (χ1n) is 5.47. The summed E-state index contributed by atoms with van der Waals surface area (Å²) in [6, 6.07) is 6.55. The smallest absolute Gasteiger partial charge is 0.127 e. The van der Waals surface area contributed by atoms with E-state index in [-0.39, 0.29) is 0 Å². The van der Waals surface area contributed by atoms with E-state index in [0.29, 0.717) is 11.5 Å². The number of anilines is 1. The van der Waals surface area contributed by atoms with Gasteiger partial charge < -0.3 is 5.32 Å². The molecule has 3 heteroatoms. The van der Waals surface area contributed by atoms with Crippen molar-refractivity contribution in [1.82, 2.24) is 4.98 Å². The van der Waals surface area contributed by atoms with Gasteiger partial charge in [0.15, 0.2) is 0 Å². The van der Waals surface area contributed by atoms with Crippen LogP contribution < -0.4 is 5.32 Å². The molecule has 1 aliphatic rings. The molecule has 0 saturated heterocycles. The van der Waals surface area contributed by atoms with Gasteiger partial charge in [-0.05, 0) is 46.3 Å². The highest BCUT2D eigenvalue weighted by Crippen LogP contribution is 2.38. The van der Waals surface area contributed by atoms with E-state index in [4.69, 9.17) is 0 Å². The lowest BCUT2D eigenvalue weighted by molar-refractivity contribution is 0.349. The number of aromatic nitrogens is 1. The Hall–Kier alpha value is -0.570.